The van der Waals surface area contributed by atoms with Crippen molar-refractivity contribution in [1.29, 1.82) is 0 Å². The van der Waals surface area contributed by atoms with Gasteiger partial charge in [-0.05, 0) is 113 Å². The van der Waals surface area contributed by atoms with Gasteiger partial charge >= 0.3 is 11.9 Å². The zero-order valence-electron chi connectivity index (χ0n) is 64.4. The van der Waals surface area contributed by atoms with Gasteiger partial charge in [0.05, 0.1) is 118 Å². The van der Waals surface area contributed by atoms with Crippen molar-refractivity contribution in [2.45, 2.75) is 207 Å². The Bertz CT molecular complexity index is 1580. The summed E-state index contributed by atoms with van der Waals surface area (Å²) >= 11 is 7.60. The van der Waals surface area contributed by atoms with Gasteiger partial charge in [0.15, 0.2) is 0 Å². The normalized spacial score (nSPS) is 13.1. The van der Waals surface area contributed by atoms with E-state index in [0.29, 0.717) is 97.4 Å². The highest BCUT2D eigenvalue weighted by molar-refractivity contribution is 7.99. The molecule has 572 valence electrons. The molecule has 0 saturated heterocycles. The van der Waals surface area contributed by atoms with Crippen molar-refractivity contribution in [1.82, 2.24) is 21.3 Å². The van der Waals surface area contributed by atoms with E-state index in [4.69, 9.17) is 47.4 Å². The van der Waals surface area contributed by atoms with E-state index in [1.165, 1.54) is 0 Å². The van der Waals surface area contributed by atoms with Gasteiger partial charge < -0.3 is 78.8 Å². The first-order chi connectivity index (χ1) is 44.7. The van der Waals surface area contributed by atoms with E-state index < -0.39 is 12.2 Å². The minimum atomic E-state index is -0.468. The fourth-order valence-corrected chi connectivity index (χ4v) is 10.8. The third-order valence-corrected chi connectivity index (χ3v) is 16.8. The van der Waals surface area contributed by atoms with Crippen LogP contribution in [-0.4, -0.2) is 252 Å². The summed E-state index contributed by atoms with van der Waals surface area (Å²) in [6.45, 7) is 57.4. The number of aliphatic hydroxyl groups is 2. The molecule has 0 aromatic rings. The van der Waals surface area contributed by atoms with E-state index in [1.807, 2.05) is 47.0 Å². The highest BCUT2D eigenvalue weighted by Gasteiger charge is 2.16. The van der Waals surface area contributed by atoms with Crippen LogP contribution in [0.1, 0.15) is 195 Å². The Morgan fingerprint density at radius 2 is 0.611 bits per heavy atom. The van der Waals surface area contributed by atoms with Crippen molar-refractivity contribution >= 4 is 59.0 Å². The summed E-state index contributed by atoms with van der Waals surface area (Å²) < 4.78 is 55.4. The monoisotopic (exact) mass is 1440 g/mol. The first-order valence-electron chi connectivity index (χ1n) is 36.1. The van der Waals surface area contributed by atoms with Crippen molar-refractivity contribution < 1.29 is 67.2 Å². The number of aliphatic hydroxyl groups excluding tert-OH is 2. The molecule has 0 rings (SSSR count). The van der Waals surface area contributed by atoms with Gasteiger partial charge in [0, 0.05) is 101 Å². The lowest BCUT2D eigenvalue weighted by Crippen LogP contribution is -2.38. The highest BCUT2D eigenvalue weighted by Crippen LogP contribution is 2.21. The second-order valence-corrected chi connectivity index (χ2v) is 36.4. The quantitative estimate of drug-likeness (QED) is 0.0247. The van der Waals surface area contributed by atoms with Gasteiger partial charge in [-0.2, -0.15) is 47.0 Å². The molecular weight excluding hydrogens is 1290 g/mol. The first-order valence-corrected chi connectivity index (χ1v) is 40.7. The number of unbranched alkanes of at least 4 members (excludes halogenated alkanes) is 2. The molecule has 0 amide bonds. The number of thioether (sulfide) groups is 4. The number of carbonyl (C=O) groups excluding carboxylic acids is 2. The summed E-state index contributed by atoms with van der Waals surface area (Å²) in [5, 5.41) is 32.9. The van der Waals surface area contributed by atoms with Crippen LogP contribution in [-0.2, 0) is 57.0 Å². The summed E-state index contributed by atoms with van der Waals surface area (Å²) in [6.07, 6.45) is 9.09. The standard InChI is InChI=1S/C29H56O6S2.C22H50N4O4.C22H46O4S2/c1-28(2,3)14-11-16-34-26(30)12-7-9-22-36-24-20-32-18-19-33-21-25-37-23-10-8-13-27(31)35-17-15-29(4,5)6;1-21(2,3)17-29-15-19(27)13-25-11-9-23-7-8-24-10-12-26-14-20(28)16-30-18-22(4,5)6;1-21(2,3)19-25-9-7-15-27-17-13-23-11-12-24-14-18-28-16-8-10-26-20-22(4,5)6/h7-25H2,1-6H3;19-20,23-28H,7-18H2,1-6H3;7-20H2,1-6H3. The molecule has 0 aliphatic carbocycles. The molecule has 95 heavy (non-hydrogen) atoms. The summed E-state index contributed by atoms with van der Waals surface area (Å²) in [7, 11) is 0. The molecular formula is C73H152N4O14S4. The van der Waals surface area contributed by atoms with Crippen LogP contribution in [0, 0.1) is 32.5 Å². The average molecular weight is 1440 g/mol. The molecule has 2 atom stereocenters. The van der Waals surface area contributed by atoms with E-state index in [9.17, 15) is 19.8 Å². The van der Waals surface area contributed by atoms with Gasteiger partial charge in [-0.3, -0.25) is 9.59 Å². The maximum atomic E-state index is 11.7. The predicted molar refractivity (Wildman–Crippen MR) is 409 cm³/mol. The second kappa shape index (κ2) is 65.8. The van der Waals surface area contributed by atoms with Crippen LogP contribution in [0.15, 0.2) is 0 Å². The summed E-state index contributed by atoms with van der Waals surface area (Å²) in [5.74, 6) is 8.27. The fraction of sp³-hybridized carbons (Fsp3) is 0.973. The number of hydrogen-bond donors (Lipinski definition) is 6. The lowest BCUT2D eigenvalue weighted by Gasteiger charge is -2.20. The zero-order valence-corrected chi connectivity index (χ0v) is 67.7. The van der Waals surface area contributed by atoms with Crippen molar-refractivity contribution in [2.24, 2.45) is 32.5 Å². The minimum absolute atomic E-state index is 0.0651. The van der Waals surface area contributed by atoms with E-state index >= 15 is 0 Å². The van der Waals surface area contributed by atoms with Gasteiger partial charge in [0.2, 0.25) is 0 Å². The third kappa shape index (κ3) is 98.0. The molecule has 6 N–H and O–H groups in total. The van der Waals surface area contributed by atoms with E-state index in [2.05, 4.69) is 146 Å². The number of carbonyl (C=O) groups is 2. The van der Waals surface area contributed by atoms with Crippen LogP contribution in [0.25, 0.3) is 0 Å². The van der Waals surface area contributed by atoms with Crippen molar-refractivity contribution in [3.05, 3.63) is 0 Å². The summed E-state index contributed by atoms with van der Waals surface area (Å²) in [5.41, 5.74) is 1.29. The minimum Gasteiger partial charge on any atom is -0.466 e. The van der Waals surface area contributed by atoms with Crippen LogP contribution in [0.2, 0.25) is 0 Å². The molecule has 0 saturated carbocycles. The molecule has 0 spiro atoms. The van der Waals surface area contributed by atoms with E-state index in [0.717, 1.165) is 196 Å². The molecule has 0 aliphatic rings. The number of rotatable bonds is 62. The lowest BCUT2D eigenvalue weighted by atomic mass is 9.91. The third-order valence-electron chi connectivity index (χ3n) is 12.6. The number of esters is 2. The van der Waals surface area contributed by atoms with Crippen LogP contribution in [0.5, 0.6) is 0 Å². The molecule has 0 aromatic carbocycles. The number of nitrogens with one attached hydrogen (secondary N) is 4. The second-order valence-electron chi connectivity index (χ2n) is 31.5. The van der Waals surface area contributed by atoms with Crippen molar-refractivity contribution in [3.63, 3.8) is 0 Å². The van der Waals surface area contributed by atoms with Crippen LogP contribution in [0.3, 0.4) is 0 Å². The summed E-state index contributed by atoms with van der Waals surface area (Å²) in [6, 6.07) is 0. The predicted octanol–water partition coefficient (Wildman–Crippen LogP) is 12.8. The van der Waals surface area contributed by atoms with E-state index in [-0.39, 0.29) is 39.0 Å². The Balaban J connectivity index is -0.00000135. The number of ether oxygens (including phenoxy) is 10. The molecule has 0 radical (unpaired) electrons. The molecule has 18 nitrogen and oxygen atoms in total. The summed E-state index contributed by atoms with van der Waals surface area (Å²) in [4.78, 5) is 23.4. The van der Waals surface area contributed by atoms with Crippen LogP contribution in [0.4, 0.5) is 0 Å². The first kappa shape index (κ1) is 99.0. The molecule has 0 aromatic heterocycles. The lowest BCUT2D eigenvalue weighted by molar-refractivity contribution is -0.145. The number of hydrogen-bond acceptors (Lipinski definition) is 22. The Morgan fingerprint density at radius 3 is 0.937 bits per heavy atom. The van der Waals surface area contributed by atoms with E-state index in [1.54, 1.807) is 0 Å². The SMILES string of the molecule is CC(C)(C)CCCOC(=O)CCCCSCCOCCOCCSCCCCC(=O)OCCC(C)(C)C.CC(C)(C)COCC(O)CNCCNCCNCCNCC(O)COCC(C)(C)C.CC(C)(C)COCCCSCCOCCOCCSCCCOCC(C)(C)C. The van der Waals surface area contributed by atoms with Gasteiger partial charge in [-0.25, -0.2) is 0 Å². The fourth-order valence-electron chi connectivity index (χ4n) is 7.60. The maximum Gasteiger partial charge on any atom is 0.305 e. The Hall–Kier alpha value is -0.220. The molecule has 22 heteroatoms. The van der Waals surface area contributed by atoms with Gasteiger partial charge in [0.25, 0.3) is 0 Å². The topological polar surface area (TPSA) is 215 Å². The van der Waals surface area contributed by atoms with Crippen LogP contribution < -0.4 is 21.3 Å². The molecule has 0 heterocycles. The van der Waals surface area contributed by atoms with Crippen LogP contribution >= 0.6 is 47.0 Å². The molecule has 0 fully saturated rings. The van der Waals surface area contributed by atoms with Gasteiger partial charge in [-0.15, -0.1) is 0 Å². The Morgan fingerprint density at radius 1 is 0.305 bits per heavy atom. The molecule has 2 unspecified atom stereocenters. The van der Waals surface area contributed by atoms with Crippen molar-refractivity contribution in [2.75, 3.05) is 217 Å². The van der Waals surface area contributed by atoms with Gasteiger partial charge in [0.1, 0.15) is 0 Å². The Labute approximate surface area is 601 Å². The average Bonchev–Trinajstić information content (AvgIpc) is 3.66. The van der Waals surface area contributed by atoms with Crippen molar-refractivity contribution in [3.8, 4) is 0 Å². The Kier molecular flexibility index (Phi) is 68.5. The maximum absolute atomic E-state index is 11.7. The van der Waals surface area contributed by atoms with Gasteiger partial charge in [-0.1, -0.05) is 125 Å². The molecule has 0 aliphatic heterocycles. The molecule has 0 bridgehead atoms. The smallest absolute Gasteiger partial charge is 0.305 e. The zero-order chi connectivity index (χ0) is 71.9. The largest absolute Gasteiger partial charge is 0.466 e. The highest BCUT2D eigenvalue weighted by atomic mass is 32.2.